The molecule has 2 aromatic carbocycles. The maximum atomic E-state index is 13.7. The molecule has 27 heavy (non-hydrogen) atoms. The van der Waals surface area contributed by atoms with E-state index in [-0.39, 0.29) is 27.8 Å². The average molecular weight is 429 g/mol. The molecule has 0 amide bonds. The van der Waals surface area contributed by atoms with E-state index < -0.39 is 17.5 Å². The van der Waals surface area contributed by atoms with Crippen molar-refractivity contribution >= 4 is 40.5 Å². The number of hydrogen-bond acceptors (Lipinski definition) is 4. The van der Waals surface area contributed by atoms with Crippen molar-refractivity contribution in [1.82, 2.24) is 9.78 Å². The maximum absolute atomic E-state index is 13.7. The van der Waals surface area contributed by atoms with Gasteiger partial charge in [0.1, 0.15) is 10.8 Å². The van der Waals surface area contributed by atoms with Gasteiger partial charge in [0, 0.05) is 17.1 Å². The lowest BCUT2D eigenvalue weighted by molar-refractivity contribution is 0.186. The van der Waals surface area contributed by atoms with Gasteiger partial charge in [0.05, 0.1) is 28.7 Å². The van der Waals surface area contributed by atoms with E-state index in [4.69, 9.17) is 34.8 Å². The van der Waals surface area contributed by atoms with Crippen LogP contribution in [0.4, 0.5) is 10.1 Å². The Morgan fingerprint density at radius 2 is 1.93 bits per heavy atom. The summed E-state index contributed by atoms with van der Waals surface area (Å²) in [6.07, 6.45) is 0.193. The van der Waals surface area contributed by atoms with E-state index in [1.165, 1.54) is 30.5 Å². The van der Waals surface area contributed by atoms with Crippen molar-refractivity contribution in [2.45, 2.75) is 6.10 Å². The molecule has 9 heteroatoms. The van der Waals surface area contributed by atoms with Crippen molar-refractivity contribution in [2.24, 2.45) is 0 Å². The van der Waals surface area contributed by atoms with Crippen LogP contribution in [-0.4, -0.2) is 21.4 Å². The molecule has 1 aromatic heterocycles. The summed E-state index contributed by atoms with van der Waals surface area (Å²) in [5, 5.41) is 17.5. The lowest BCUT2D eigenvalue weighted by Gasteiger charge is -2.15. The first-order valence-electron chi connectivity index (χ1n) is 7.78. The summed E-state index contributed by atoms with van der Waals surface area (Å²) < 4.78 is 14.8. The Morgan fingerprint density at radius 3 is 2.63 bits per heavy atom. The summed E-state index contributed by atoms with van der Waals surface area (Å²) in [5.41, 5.74) is 0.0611. The van der Waals surface area contributed by atoms with Crippen molar-refractivity contribution in [3.63, 3.8) is 0 Å². The molecular formula is C18H13Cl3FN3O2. The number of benzene rings is 2. The Morgan fingerprint density at radius 1 is 1.19 bits per heavy atom. The van der Waals surface area contributed by atoms with Gasteiger partial charge < -0.3 is 10.4 Å². The second kappa shape index (κ2) is 8.27. The van der Waals surface area contributed by atoms with Gasteiger partial charge in [0.15, 0.2) is 0 Å². The normalized spacial score (nSPS) is 12.0. The van der Waals surface area contributed by atoms with E-state index in [0.29, 0.717) is 10.7 Å². The van der Waals surface area contributed by atoms with Gasteiger partial charge in [-0.3, -0.25) is 4.79 Å². The van der Waals surface area contributed by atoms with Crippen LogP contribution in [0.3, 0.4) is 0 Å². The molecule has 0 aliphatic rings. The highest BCUT2D eigenvalue weighted by atomic mass is 35.5. The largest absolute Gasteiger partial charge is 0.386 e. The maximum Gasteiger partial charge on any atom is 0.292 e. The minimum absolute atomic E-state index is 0.0620. The van der Waals surface area contributed by atoms with Gasteiger partial charge in [0.2, 0.25) is 0 Å². The van der Waals surface area contributed by atoms with Gasteiger partial charge in [-0.25, -0.2) is 4.39 Å². The second-order valence-electron chi connectivity index (χ2n) is 5.60. The molecule has 0 saturated carbocycles. The second-order valence-corrected chi connectivity index (χ2v) is 6.82. The third kappa shape index (κ3) is 4.25. The fraction of sp³-hybridized carbons (Fsp3) is 0.111. The third-order valence-corrected chi connectivity index (χ3v) is 4.71. The Kier molecular flexibility index (Phi) is 6.01. The van der Waals surface area contributed by atoms with E-state index >= 15 is 0 Å². The zero-order valence-corrected chi connectivity index (χ0v) is 15.9. The van der Waals surface area contributed by atoms with Crippen LogP contribution in [0.5, 0.6) is 0 Å². The minimum Gasteiger partial charge on any atom is -0.386 e. The molecule has 1 unspecified atom stereocenters. The molecule has 5 nitrogen and oxygen atoms in total. The summed E-state index contributed by atoms with van der Waals surface area (Å²) in [5.74, 6) is -0.524. The van der Waals surface area contributed by atoms with E-state index in [0.717, 1.165) is 4.68 Å². The van der Waals surface area contributed by atoms with Gasteiger partial charge in [-0.2, -0.15) is 9.78 Å². The number of hydrogen-bond donors (Lipinski definition) is 2. The fourth-order valence-corrected chi connectivity index (χ4v) is 3.13. The number of aliphatic hydroxyl groups excluding tert-OH is 1. The lowest BCUT2D eigenvalue weighted by Crippen LogP contribution is -2.24. The third-order valence-electron chi connectivity index (χ3n) is 3.81. The van der Waals surface area contributed by atoms with Crippen molar-refractivity contribution in [1.29, 1.82) is 0 Å². The summed E-state index contributed by atoms with van der Waals surface area (Å²) in [6, 6.07) is 10.5. The zero-order valence-electron chi connectivity index (χ0n) is 13.7. The standard InChI is InChI=1S/C18H13Cl3FN3O2/c19-10-5-6-15(12(20)7-10)25-18(27)17(21)14(8-24-25)23-9-16(26)11-3-1-2-4-13(11)22/h1-8,16,23,26H,9H2. The molecule has 0 bridgehead atoms. The van der Waals surface area contributed by atoms with Crippen molar-refractivity contribution in [3.8, 4) is 5.69 Å². The molecule has 3 rings (SSSR count). The van der Waals surface area contributed by atoms with Crippen LogP contribution < -0.4 is 10.9 Å². The van der Waals surface area contributed by atoms with Gasteiger partial charge >= 0.3 is 0 Å². The van der Waals surface area contributed by atoms with Gasteiger partial charge in [-0.15, -0.1) is 0 Å². The molecule has 0 radical (unpaired) electrons. The minimum atomic E-state index is -1.13. The number of rotatable bonds is 5. The summed E-state index contributed by atoms with van der Waals surface area (Å²) in [7, 11) is 0. The smallest absolute Gasteiger partial charge is 0.292 e. The zero-order chi connectivity index (χ0) is 19.6. The number of aliphatic hydroxyl groups is 1. The summed E-state index contributed by atoms with van der Waals surface area (Å²) in [6.45, 7) is -0.0620. The molecule has 0 aliphatic heterocycles. The van der Waals surface area contributed by atoms with Crippen molar-refractivity contribution in [3.05, 3.63) is 85.5 Å². The monoisotopic (exact) mass is 427 g/mol. The molecule has 3 aromatic rings. The van der Waals surface area contributed by atoms with E-state index in [1.54, 1.807) is 18.2 Å². The van der Waals surface area contributed by atoms with E-state index in [1.807, 2.05) is 0 Å². The van der Waals surface area contributed by atoms with Crippen LogP contribution in [-0.2, 0) is 0 Å². The molecule has 140 valence electrons. The van der Waals surface area contributed by atoms with Crippen molar-refractivity contribution < 1.29 is 9.50 Å². The topological polar surface area (TPSA) is 67.2 Å². The number of anilines is 1. The Balaban J connectivity index is 1.83. The predicted octanol–water partition coefficient (Wildman–Crippen LogP) is 4.48. The first kappa shape index (κ1) is 19.6. The van der Waals surface area contributed by atoms with Crippen LogP contribution in [0.15, 0.2) is 53.5 Å². The summed E-state index contributed by atoms with van der Waals surface area (Å²) in [4.78, 5) is 12.5. The average Bonchev–Trinajstić information content (AvgIpc) is 2.64. The molecule has 0 fully saturated rings. The molecule has 0 aliphatic carbocycles. The highest BCUT2D eigenvalue weighted by Crippen LogP contribution is 2.25. The van der Waals surface area contributed by atoms with Crippen molar-refractivity contribution in [2.75, 3.05) is 11.9 Å². The quantitative estimate of drug-likeness (QED) is 0.629. The predicted molar refractivity (Wildman–Crippen MR) is 105 cm³/mol. The highest BCUT2D eigenvalue weighted by Gasteiger charge is 2.16. The van der Waals surface area contributed by atoms with Crippen LogP contribution in [0.25, 0.3) is 5.69 Å². The Hall–Kier alpha value is -2.12. The molecule has 0 spiro atoms. The van der Waals surface area contributed by atoms with Crippen LogP contribution in [0.1, 0.15) is 11.7 Å². The first-order chi connectivity index (χ1) is 12.9. The summed E-state index contributed by atoms with van der Waals surface area (Å²) >= 11 is 18.1. The molecule has 0 saturated heterocycles. The van der Waals surface area contributed by atoms with Gasteiger partial charge in [0.25, 0.3) is 5.56 Å². The molecule has 1 heterocycles. The number of nitrogens with one attached hydrogen (secondary N) is 1. The molecule has 2 N–H and O–H groups in total. The SMILES string of the molecule is O=c1c(Cl)c(NCC(O)c2ccccc2F)cnn1-c1ccc(Cl)cc1Cl. The first-order valence-corrected chi connectivity index (χ1v) is 8.91. The molecule has 1 atom stereocenters. The molecular weight excluding hydrogens is 416 g/mol. The van der Waals surface area contributed by atoms with Gasteiger partial charge in [-0.1, -0.05) is 53.0 Å². The van der Waals surface area contributed by atoms with Gasteiger partial charge in [-0.05, 0) is 24.3 Å². The van der Waals surface area contributed by atoms with E-state index in [2.05, 4.69) is 10.4 Å². The van der Waals surface area contributed by atoms with Crippen LogP contribution in [0, 0.1) is 5.82 Å². The Labute approximate surface area is 168 Å². The number of aromatic nitrogens is 2. The number of nitrogens with zero attached hydrogens (tertiary/aromatic N) is 2. The number of halogens is 4. The van der Waals surface area contributed by atoms with Crippen LogP contribution in [0.2, 0.25) is 15.1 Å². The lowest BCUT2D eigenvalue weighted by atomic mass is 10.1. The Bertz CT molecular complexity index is 1040. The van der Waals surface area contributed by atoms with Crippen LogP contribution >= 0.6 is 34.8 Å². The van der Waals surface area contributed by atoms with E-state index in [9.17, 15) is 14.3 Å². The highest BCUT2D eigenvalue weighted by molar-refractivity contribution is 6.36. The fourth-order valence-electron chi connectivity index (χ4n) is 2.44.